The molecule has 1 heterocycles. The molecule has 1 aliphatic carbocycles. The number of carboxylic acids is 1. The number of carbonyl (C=O) groups is 2. The Labute approximate surface area is 108 Å². The molecule has 0 bridgehead atoms. The number of piperidine rings is 1. The minimum Gasteiger partial charge on any atom is -0.481 e. The molecule has 0 spiro atoms. The minimum absolute atomic E-state index is 0.0350. The second-order valence-electron chi connectivity index (χ2n) is 5.45. The van der Waals surface area contributed by atoms with Crippen molar-refractivity contribution < 1.29 is 14.7 Å². The second-order valence-corrected chi connectivity index (χ2v) is 5.45. The summed E-state index contributed by atoms with van der Waals surface area (Å²) in [7, 11) is 1.86. The zero-order valence-corrected chi connectivity index (χ0v) is 11.0. The SMILES string of the molecule is CN(C(=O)CN1CCCCC1CC(=O)O)C1CC1. The third-order valence-corrected chi connectivity index (χ3v) is 3.99. The maximum atomic E-state index is 12.1. The van der Waals surface area contributed by atoms with Crippen LogP contribution in [0.1, 0.15) is 38.5 Å². The molecule has 0 aromatic heterocycles. The standard InChI is InChI=1S/C13H22N2O3/c1-14(10-5-6-10)12(16)9-15-7-3-2-4-11(15)8-13(17)18/h10-11H,2-9H2,1H3,(H,17,18). The molecule has 2 fully saturated rings. The number of carboxylic acid groups (broad SMARTS) is 1. The van der Waals surface area contributed by atoms with Gasteiger partial charge in [-0.15, -0.1) is 0 Å². The fourth-order valence-electron chi connectivity index (χ4n) is 2.65. The molecule has 0 aromatic rings. The number of likely N-dealkylation sites (N-methyl/N-ethyl adjacent to an activating group) is 1. The molecule has 0 aromatic carbocycles. The van der Waals surface area contributed by atoms with Crippen LogP contribution in [0.15, 0.2) is 0 Å². The molecular weight excluding hydrogens is 232 g/mol. The summed E-state index contributed by atoms with van der Waals surface area (Å²) in [6.07, 6.45) is 5.41. The van der Waals surface area contributed by atoms with Crippen molar-refractivity contribution in [1.82, 2.24) is 9.80 Å². The van der Waals surface area contributed by atoms with E-state index < -0.39 is 5.97 Å². The van der Waals surface area contributed by atoms with Crippen LogP contribution in [0.4, 0.5) is 0 Å². The summed E-state index contributed by atoms with van der Waals surface area (Å²) in [6, 6.07) is 0.466. The number of amides is 1. The molecule has 1 unspecified atom stereocenters. The molecule has 1 saturated heterocycles. The normalized spacial score (nSPS) is 24.8. The van der Waals surface area contributed by atoms with Crippen LogP contribution in [0.25, 0.3) is 0 Å². The number of hydrogen-bond donors (Lipinski definition) is 1. The molecule has 5 nitrogen and oxygen atoms in total. The third-order valence-electron chi connectivity index (χ3n) is 3.99. The predicted molar refractivity (Wildman–Crippen MR) is 67.3 cm³/mol. The first-order chi connectivity index (χ1) is 8.58. The summed E-state index contributed by atoms with van der Waals surface area (Å²) < 4.78 is 0. The monoisotopic (exact) mass is 254 g/mol. The van der Waals surface area contributed by atoms with Crippen molar-refractivity contribution in [3.8, 4) is 0 Å². The van der Waals surface area contributed by atoms with Crippen LogP contribution in [0.3, 0.4) is 0 Å². The molecule has 1 amide bonds. The number of likely N-dealkylation sites (tertiary alicyclic amines) is 1. The topological polar surface area (TPSA) is 60.9 Å². The van der Waals surface area contributed by atoms with E-state index in [-0.39, 0.29) is 18.4 Å². The van der Waals surface area contributed by atoms with Gasteiger partial charge in [-0.2, -0.15) is 0 Å². The van der Waals surface area contributed by atoms with Gasteiger partial charge in [0.1, 0.15) is 0 Å². The van der Waals surface area contributed by atoms with E-state index in [1.54, 1.807) is 0 Å². The lowest BCUT2D eigenvalue weighted by molar-refractivity contribution is -0.140. The molecule has 2 rings (SSSR count). The highest BCUT2D eigenvalue weighted by Gasteiger charge is 2.32. The van der Waals surface area contributed by atoms with Crippen molar-refractivity contribution >= 4 is 11.9 Å². The minimum atomic E-state index is -0.769. The maximum Gasteiger partial charge on any atom is 0.304 e. The Balaban J connectivity index is 1.87. The average Bonchev–Trinajstić information content (AvgIpc) is 3.14. The van der Waals surface area contributed by atoms with E-state index in [0.29, 0.717) is 12.6 Å². The number of rotatable bonds is 5. The first kappa shape index (κ1) is 13.3. The fourth-order valence-corrected chi connectivity index (χ4v) is 2.65. The molecule has 2 aliphatic rings. The van der Waals surface area contributed by atoms with Gasteiger partial charge in [-0.05, 0) is 32.2 Å². The lowest BCUT2D eigenvalue weighted by atomic mass is 9.99. The van der Waals surface area contributed by atoms with Crippen molar-refractivity contribution in [3.05, 3.63) is 0 Å². The number of carbonyl (C=O) groups excluding carboxylic acids is 1. The van der Waals surface area contributed by atoms with Gasteiger partial charge >= 0.3 is 5.97 Å². The van der Waals surface area contributed by atoms with E-state index in [9.17, 15) is 9.59 Å². The van der Waals surface area contributed by atoms with Crippen LogP contribution in [0, 0.1) is 0 Å². The lowest BCUT2D eigenvalue weighted by Gasteiger charge is -2.35. The molecule has 1 atom stereocenters. The summed E-state index contributed by atoms with van der Waals surface area (Å²) in [4.78, 5) is 26.8. The Morgan fingerprint density at radius 3 is 2.61 bits per heavy atom. The zero-order chi connectivity index (χ0) is 13.1. The summed E-state index contributed by atoms with van der Waals surface area (Å²) in [6.45, 7) is 1.23. The lowest BCUT2D eigenvalue weighted by Crippen LogP contribution is -2.47. The molecule has 1 aliphatic heterocycles. The number of nitrogens with zero attached hydrogens (tertiary/aromatic N) is 2. The van der Waals surface area contributed by atoms with Crippen LogP contribution in [-0.2, 0) is 9.59 Å². The van der Waals surface area contributed by atoms with E-state index in [1.807, 2.05) is 11.9 Å². The van der Waals surface area contributed by atoms with Crippen LogP contribution in [-0.4, -0.2) is 59.0 Å². The predicted octanol–water partition coefficient (Wildman–Crippen LogP) is 0.936. The molecule has 1 saturated carbocycles. The van der Waals surface area contributed by atoms with Gasteiger partial charge in [-0.25, -0.2) is 0 Å². The van der Waals surface area contributed by atoms with Crippen molar-refractivity contribution in [2.75, 3.05) is 20.1 Å². The number of aliphatic carboxylic acids is 1. The van der Waals surface area contributed by atoms with Crippen LogP contribution < -0.4 is 0 Å². The Morgan fingerprint density at radius 2 is 2.00 bits per heavy atom. The van der Waals surface area contributed by atoms with Gasteiger partial charge in [-0.1, -0.05) is 6.42 Å². The quantitative estimate of drug-likeness (QED) is 0.793. The zero-order valence-electron chi connectivity index (χ0n) is 11.0. The van der Waals surface area contributed by atoms with Gasteiger partial charge in [0.25, 0.3) is 0 Å². The van der Waals surface area contributed by atoms with Gasteiger partial charge < -0.3 is 10.0 Å². The van der Waals surface area contributed by atoms with Gasteiger partial charge in [-0.3, -0.25) is 14.5 Å². The summed E-state index contributed by atoms with van der Waals surface area (Å²) in [5, 5.41) is 8.90. The number of hydrogen-bond acceptors (Lipinski definition) is 3. The first-order valence-corrected chi connectivity index (χ1v) is 6.79. The molecule has 1 N–H and O–H groups in total. The highest BCUT2D eigenvalue weighted by molar-refractivity contribution is 5.78. The van der Waals surface area contributed by atoms with E-state index in [2.05, 4.69) is 4.90 Å². The van der Waals surface area contributed by atoms with Crippen LogP contribution in [0.2, 0.25) is 0 Å². The molecule has 0 radical (unpaired) electrons. The van der Waals surface area contributed by atoms with Gasteiger partial charge in [0.05, 0.1) is 13.0 Å². The fraction of sp³-hybridized carbons (Fsp3) is 0.846. The third kappa shape index (κ3) is 3.45. The van der Waals surface area contributed by atoms with Crippen molar-refractivity contribution in [2.45, 2.75) is 50.6 Å². The molecule has 5 heteroatoms. The maximum absolute atomic E-state index is 12.1. The van der Waals surface area contributed by atoms with Crippen LogP contribution >= 0.6 is 0 Å². The van der Waals surface area contributed by atoms with Gasteiger partial charge in [0.15, 0.2) is 0 Å². The molecular formula is C13H22N2O3. The van der Waals surface area contributed by atoms with E-state index in [1.165, 1.54) is 0 Å². The Bertz CT molecular complexity index is 328. The van der Waals surface area contributed by atoms with E-state index in [4.69, 9.17) is 5.11 Å². The van der Waals surface area contributed by atoms with Gasteiger partial charge in [0, 0.05) is 19.1 Å². The second kappa shape index (κ2) is 5.69. The Morgan fingerprint density at radius 1 is 1.28 bits per heavy atom. The van der Waals surface area contributed by atoms with E-state index >= 15 is 0 Å². The van der Waals surface area contributed by atoms with Crippen molar-refractivity contribution in [2.24, 2.45) is 0 Å². The van der Waals surface area contributed by atoms with Crippen molar-refractivity contribution in [3.63, 3.8) is 0 Å². The highest BCUT2D eigenvalue weighted by Crippen LogP contribution is 2.26. The average molecular weight is 254 g/mol. The summed E-state index contributed by atoms with van der Waals surface area (Å²) in [5.41, 5.74) is 0. The first-order valence-electron chi connectivity index (χ1n) is 6.79. The van der Waals surface area contributed by atoms with Gasteiger partial charge in [0.2, 0.25) is 5.91 Å². The van der Waals surface area contributed by atoms with Crippen molar-refractivity contribution in [1.29, 1.82) is 0 Å². The summed E-state index contributed by atoms with van der Waals surface area (Å²) in [5.74, 6) is -0.635. The smallest absolute Gasteiger partial charge is 0.304 e. The molecule has 102 valence electrons. The highest BCUT2D eigenvalue weighted by atomic mass is 16.4. The Kier molecular flexibility index (Phi) is 4.22. The largest absolute Gasteiger partial charge is 0.481 e. The van der Waals surface area contributed by atoms with E-state index in [0.717, 1.165) is 38.6 Å². The summed E-state index contributed by atoms with van der Waals surface area (Å²) >= 11 is 0. The molecule has 18 heavy (non-hydrogen) atoms. The van der Waals surface area contributed by atoms with Crippen LogP contribution in [0.5, 0.6) is 0 Å². The Hall–Kier alpha value is -1.10.